The molecule has 2 heterocycles. The second-order valence-electron chi connectivity index (χ2n) is 9.55. The molecule has 0 aliphatic carbocycles. The van der Waals surface area contributed by atoms with Gasteiger partial charge in [-0.3, -0.25) is 38.5 Å². The molecule has 1 aromatic rings. The number of carboxylic acid groups (broad SMARTS) is 1. The van der Waals surface area contributed by atoms with E-state index in [1.165, 1.54) is 4.90 Å². The minimum absolute atomic E-state index is 0.103. The number of amides is 6. The van der Waals surface area contributed by atoms with E-state index in [0.717, 1.165) is 22.6 Å². The normalized spacial score (nSPS) is 17.0. The van der Waals surface area contributed by atoms with Gasteiger partial charge >= 0.3 is 5.97 Å². The van der Waals surface area contributed by atoms with Crippen LogP contribution in [-0.4, -0.2) is 95.1 Å². The van der Waals surface area contributed by atoms with Gasteiger partial charge in [0.1, 0.15) is 12.1 Å². The summed E-state index contributed by atoms with van der Waals surface area (Å²) < 4.78 is 5.05. The van der Waals surface area contributed by atoms with Crippen molar-refractivity contribution < 1.29 is 43.4 Å². The minimum Gasteiger partial charge on any atom is -0.481 e. The van der Waals surface area contributed by atoms with Crippen LogP contribution in [-0.2, 0) is 44.9 Å². The number of ether oxygens (including phenoxy) is 1. The SMILES string of the molecule is COCc1ccc(NC(=O)[C@H](CCC(=O)O)NC(=O)CNC(=O)[C@@H]2CCCN2C(=O)CCN2C(=O)C=CC2=O)cc1. The van der Waals surface area contributed by atoms with Gasteiger partial charge in [-0.2, -0.15) is 0 Å². The molecule has 2 aliphatic rings. The Morgan fingerprint density at radius 2 is 1.73 bits per heavy atom. The first kappa shape index (κ1) is 30.9. The molecule has 6 amide bonds. The van der Waals surface area contributed by atoms with Gasteiger partial charge in [0.2, 0.25) is 23.6 Å². The summed E-state index contributed by atoms with van der Waals surface area (Å²) in [5.41, 5.74) is 1.33. The van der Waals surface area contributed by atoms with E-state index in [4.69, 9.17) is 9.84 Å². The van der Waals surface area contributed by atoms with Gasteiger partial charge < -0.3 is 30.7 Å². The van der Waals surface area contributed by atoms with Crippen LogP contribution in [0.4, 0.5) is 5.69 Å². The van der Waals surface area contributed by atoms with Gasteiger partial charge in [0.05, 0.1) is 13.2 Å². The molecule has 1 aromatic carbocycles. The van der Waals surface area contributed by atoms with Gasteiger partial charge in [0.15, 0.2) is 0 Å². The molecule has 220 valence electrons. The number of benzene rings is 1. The van der Waals surface area contributed by atoms with Gasteiger partial charge in [-0.15, -0.1) is 0 Å². The van der Waals surface area contributed by atoms with E-state index >= 15 is 0 Å². The first-order valence-corrected chi connectivity index (χ1v) is 13.1. The van der Waals surface area contributed by atoms with Crippen LogP contribution in [0.5, 0.6) is 0 Å². The summed E-state index contributed by atoms with van der Waals surface area (Å²) in [6, 6.07) is 4.79. The highest BCUT2D eigenvalue weighted by molar-refractivity contribution is 6.13. The molecule has 0 aromatic heterocycles. The van der Waals surface area contributed by atoms with Crippen molar-refractivity contribution >= 4 is 47.1 Å². The van der Waals surface area contributed by atoms with Gasteiger partial charge in [0, 0.05) is 50.9 Å². The molecule has 1 saturated heterocycles. The number of hydrogen-bond acceptors (Lipinski definition) is 8. The number of nitrogens with one attached hydrogen (secondary N) is 3. The summed E-state index contributed by atoms with van der Waals surface area (Å²) in [6.45, 7) is 0.103. The fourth-order valence-corrected chi connectivity index (χ4v) is 4.49. The number of imide groups is 1. The average Bonchev–Trinajstić information content (AvgIpc) is 3.56. The molecule has 0 spiro atoms. The van der Waals surface area contributed by atoms with Crippen LogP contribution in [0.3, 0.4) is 0 Å². The van der Waals surface area contributed by atoms with E-state index in [1.54, 1.807) is 31.4 Å². The summed E-state index contributed by atoms with van der Waals surface area (Å²) in [7, 11) is 1.56. The fourth-order valence-electron chi connectivity index (χ4n) is 4.49. The Kier molecular flexibility index (Phi) is 11.1. The molecule has 41 heavy (non-hydrogen) atoms. The van der Waals surface area contributed by atoms with E-state index in [2.05, 4.69) is 16.0 Å². The van der Waals surface area contributed by atoms with E-state index in [1.807, 2.05) is 0 Å². The van der Waals surface area contributed by atoms with Crippen LogP contribution in [0.2, 0.25) is 0 Å². The molecular weight excluding hydrogens is 538 g/mol. The number of anilines is 1. The van der Waals surface area contributed by atoms with Crippen LogP contribution in [0, 0.1) is 0 Å². The Balaban J connectivity index is 1.51. The maximum Gasteiger partial charge on any atom is 0.303 e. The molecule has 0 bridgehead atoms. The molecule has 14 heteroatoms. The number of nitrogens with zero attached hydrogens (tertiary/aromatic N) is 2. The molecule has 1 fully saturated rings. The largest absolute Gasteiger partial charge is 0.481 e. The predicted octanol–water partition coefficient (Wildman–Crippen LogP) is -0.457. The highest BCUT2D eigenvalue weighted by Gasteiger charge is 2.35. The lowest BCUT2D eigenvalue weighted by atomic mass is 10.1. The second-order valence-corrected chi connectivity index (χ2v) is 9.55. The molecule has 0 saturated carbocycles. The number of likely N-dealkylation sites (tertiary alicyclic amines) is 1. The number of carboxylic acids is 1. The van der Waals surface area contributed by atoms with Crippen molar-refractivity contribution in [3.8, 4) is 0 Å². The van der Waals surface area contributed by atoms with Crippen molar-refractivity contribution in [2.24, 2.45) is 0 Å². The smallest absolute Gasteiger partial charge is 0.303 e. The highest BCUT2D eigenvalue weighted by Crippen LogP contribution is 2.19. The van der Waals surface area contributed by atoms with Crippen LogP contribution < -0.4 is 16.0 Å². The Labute approximate surface area is 236 Å². The van der Waals surface area contributed by atoms with E-state index in [9.17, 15) is 33.6 Å². The number of carbonyl (C=O) groups excluding carboxylic acids is 6. The van der Waals surface area contributed by atoms with E-state index in [-0.39, 0.29) is 25.8 Å². The Morgan fingerprint density at radius 1 is 1.05 bits per heavy atom. The number of methoxy groups -OCH3 is 1. The van der Waals surface area contributed by atoms with Crippen molar-refractivity contribution in [3.05, 3.63) is 42.0 Å². The fraction of sp³-hybridized carbons (Fsp3) is 0.444. The zero-order valence-electron chi connectivity index (χ0n) is 22.6. The lowest BCUT2D eigenvalue weighted by molar-refractivity contribution is -0.141. The number of aliphatic carboxylic acids is 1. The topological polar surface area (TPSA) is 192 Å². The Morgan fingerprint density at radius 3 is 2.37 bits per heavy atom. The molecule has 0 unspecified atom stereocenters. The summed E-state index contributed by atoms with van der Waals surface area (Å²) in [6.07, 6.45) is 2.49. The van der Waals surface area contributed by atoms with E-state index in [0.29, 0.717) is 31.7 Å². The van der Waals surface area contributed by atoms with Crippen molar-refractivity contribution in [2.45, 2.75) is 50.8 Å². The maximum absolute atomic E-state index is 12.8. The summed E-state index contributed by atoms with van der Waals surface area (Å²) >= 11 is 0. The molecule has 4 N–H and O–H groups in total. The monoisotopic (exact) mass is 571 g/mol. The zero-order chi connectivity index (χ0) is 29.9. The molecule has 14 nitrogen and oxygen atoms in total. The third-order valence-electron chi connectivity index (χ3n) is 6.58. The number of rotatable bonds is 14. The first-order chi connectivity index (χ1) is 19.6. The van der Waals surface area contributed by atoms with Crippen molar-refractivity contribution in [2.75, 3.05) is 32.1 Å². The van der Waals surface area contributed by atoms with Crippen molar-refractivity contribution in [1.29, 1.82) is 0 Å². The van der Waals surface area contributed by atoms with Crippen LogP contribution >= 0.6 is 0 Å². The van der Waals surface area contributed by atoms with Gasteiger partial charge in [-0.25, -0.2) is 0 Å². The highest BCUT2D eigenvalue weighted by atomic mass is 16.5. The molecular formula is C27H33N5O9. The predicted molar refractivity (Wildman–Crippen MR) is 143 cm³/mol. The standard InChI is InChI=1S/C27H33N5O9/c1-41-16-17-4-6-18(7-5-17)29-26(39)19(8-11-25(37)38)30-21(33)15-28-27(40)20-3-2-13-31(20)24(36)12-14-32-22(34)9-10-23(32)35/h4-7,9-10,19-20H,2-3,8,11-16H2,1H3,(H,28,40)(H,29,39)(H,30,33)(H,37,38)/t19-,20-/m0/s1. The minimum atomic E-state index is -1.18. The van der Waals surface area contributed by atoms with Gasteiger partial charge in [-0.1, -0.05) is 12.1 Å². The van der Waals surface area contributed by atoms with E-state index < -0.39 is 60.0 Å². The van der Waals surface area contributed by atoms with Crippen molar-refractivity contribution in [3.63, 3.8) is 0 Å². The van der Waals surface area contributed by atoms with Gasteiger partial charge in [0.25, 0.3) is 11.8 Å². The quantitative estimate of drug-likeness (QED) is 0.214. The average molecular weight is 572 g/mol. The summed E-state index contributed by atoms with van der Waals surface area (Å²) in [5, 5.41) is 16.6. The zero-order valence-corrected chi connectivity index (χ0v) is 22.6. The van der Waals surface area contributed by atoms with Crippen LogP contribution in [0.25, 0.3) is 0 Å². The summed E-state index contributed by atoms with van der Waals surface area (Å²) in [4.78, 5) is 87.7. The first-order valence-electron chi connectivity index (χ1n) is 13.1. The van der Waals surface area contributed by atoms with Crippen LogP contribution in [0.1, 0.15) is 37.7 Å². The molecule has 2 aliphatic heterocycles. The second kappa shape index (κ2) is 14.7. The maximum atomic E-state index is 12.8. The number of carbonyl (C=O) groups is 7. The molecule has 0 radical (unpaired) electrons. The Hall–Kier alpha value is -4.59. The molecule has 2 atom stereocenters. The van der Waals surface area contributed by atoms with Gasteiger partial charge in [-0.05, 0) is 37.0 Å². The third-order valence-corrected chi connectivity index (χ3v) is 6.58. The lowest BCUT2D eigenvalue weighted by Crippen LogP contribution is -2.51. The van der Waals surface area contributed by atoms with Crippen LogP contribution in [0.15, 0.2) is 36.4 Å². The lowest BCUT2D eigenvalue weighted by Gasteiger charge is -2.25. The Bertz CT molecular complexity index is 1200. The number of hydrogen-bond donors (Lipinski definition) is 4. The third kappa shape index (κ3) is 8.96. The van der Waals surface area contributed by atoms with Crippen molar-refractivity contribution in [1.82, 2.24) is 20.4 Å². The summed E-state index contributed by atoms with van der Waals surface area (Å²) in [5.74, 6) is -4.45. The molecule has 3 rings (SSSR count).